The molecule has 0 atom stereocenters. The zero-order valence-corrected chi connectivity index (χ0v) is 9.96. The van der Waals surface area contributed by atoms with Crippen molar-refractivity contribution in [1.82, 2.24) is 19.9 Å². The molecule has 20 heavy (non-hydrogen) atoms. The third-order valence-electron chi connectivity index (χ3n) is 2.56. The molecule has 0 fully saturated rings. The van der Waals surface area contributed by atoms with Gasteiger partial charge in [-0.1, -0.05) is 6.07 Å². The first-order chi connectivity index (χ1) is 9.69. The Kier molecular flexibility index (Phi) is 2.65. The smallest absolute Gasteiger partial charge is 0.250 e. The second-order valence-electron chi connectivity index (χ2n) is 3.81. The first-order valence-electron chi connectivity index (χ1n) is 5.52. The molecule has 0 aliphatic heterocycles. The molecular weight excluding hydrogens is 263 g/mol. The summed E-state index contributed by atoms with van der Waals surface area (Å²) in [5.74, 6) is -0.587. The van der Waals surface area contributed by atoms with Crippen molar-refractivity contribution in [2.45, 2.75) is 0 Å². The minimum absolute atomic E-state index is 0.0329. The van der Waals surface area contributed by atoms with Crippen LogP contribution >= 0.6 is 0 Å². The molecule has 0 aliphatic carbocycles. The van der Waals surface area contributed by atoms with E-state index in [9.17, 15) is 4.39 Å². The van der Waals surface area contributed by atoms with E-state index in [4.69, 9.17) is 15.7 Å². The highest BCUT2D eigenvalue weighted by Crippen LogP contribution is 2.29. The summed E-state index contributed by atoms with van der Waals surface area (Å²) in [7, 11) is 0. The molecule has 2 heterocycles. The zero-order valence-electron chi connectivity index (χ0n) is 9.96. The van der Waals surface area contributed by atoms with Crippen LogP contribution in [-0.4, -0.2) is 19.9 Å². The molecular formula is C12H7FN6O. The highest BCUT2D eigenvalue weighted by molar-refractivity contribution is 5.77. The van der Waals surface area contributed by atoms with Gasteiger partial charge >= 0.3 is 0 Å². The van der Waals surface area contributed by atoms with Crippen LogP contribution in [0.25, 0.3) is 11.2 Å². The first-order valence-corrected chi connectivity index (χ1v) is 5.52. The fraction of sp³-hybridized carbons (Fsp3) is 0. The van der Waals surface area contributed by atoms with Crippen molar-refractivity contribution in [2.75, 3.05) is 5.73 Å². The number of fused-ring (bicyclic) bond motifs is 1. The predicted octanol–water partition coefficient (Wildman–Crippen LogP) is 1.74. The number of halogens is 1. The van der Waals surface area contributed by atoms with Gasteiger partial charge in [0.25, 0.3) is 5.88 Å². The van der Waals surface area contributed by atoms with Crippen LogP contribution in [-0.2, 0) is 0 Å². The van der Waals surface area contributed by atoms with E-state index >= 15 is 0 Å². The summed E-state index contributed by atoms with van der Waals surface area (Å²) >= 11 is 0. The number of nitrogen functional groups attached to an aromatic ring is 1. The molecule has 3 rings (SSSR count). The van der Waals surface area contributed by atoms with Crippen LogP contribution in [0.3, 0.4) is 0 Å². The number of nitriles is 1. The molecule has 7 nitrogen and oxygen atoms in total. The minimum atomic E-state index is -0.673. The Hall–Kier alpha value is -3.21. The summed E-state index contributed by atoms with van der Waals surface area (Å²) in [4.78, 5) is 14.5. The van der Waals surface area contributed by atoms with Gasteiger partial charge in [-0.05, 0) is 12.1 Å². The number of nitrogens with zero attached hydrogens (tertiary/aromatic N) is 4. The maximum atomic E-state index is 13.5. The molecule has 1 aromatic carbocycles. The Morgan fingerprint density at radius 2 is 2.20 bits per heavy atom. The SMILES string of the molecule is N#Cc1c(F)cccc1Oc1nc(N)nc2nc[nH]c12. The lowest BCUT2D eigenvalue weighted by Gasteiger charge is -2.07. The lowest BCUT2D eigenvalue weighted by Crippen LogP contribution is -1.99. The van der Waals surface area contributed by atoms with Crippen molar-refractivity contribution in [3.8, 4) is 17.7 Å². The first kappa shape index (κ1) is 11.9. The van der Waals surface area contributed by atoms with Gasteiger partial charge in [0, 0.05) is 0 Å². The van der Waals surface area contributed by atoms with E-state index in [1.807, 2.05) is 0 Å². The third kappa shape index (κ3) is 1.87. The molecule has 3 N–H and O–H groups in total. The van der Waals surface area contributed by atoms with E-state index < -0.39 is 5.82 Å². The fourth-order valence-corrected chi connectivity index (χ4v) is 1.70. The Morgan fingerprint density at radius 1 is 1.35 bits per heavy atom. The molecule has 0 spiro atoms. The van der Waals surface area contributed by atoms with Crippen molar-refractivity contribution in [3.05, 3.63) is 35.9 Å². The summed E-state index contributed by atoms with van der Waals surface area (Å²) < 4.78 is 19.0. The number of aromatic amines is 1. The average Bonchev–Trinajstić information content (AvgIpc) is 2.87. The van der Waals surface area contributed by atoms with Crippen molar-refractivity contribution >= 4 is 17.1 Å². The zero-order chi connectivity index (χ0) is 14.1. The summed E-state index contributed by atoms with van der Waals surface area (Å²) in [6.45, 7) is 0. The molecule has 8 heteroatoms. The van der Waals surface area contributed by atoms with E-state index in [2.05, 4.69) is 19.9 Å². The number of benzene rings is 1. The molecule has 0 bridgehead atoms. The monoisotopic (exact) mass is 270 g/mol. The largest absolute Gasteiger partial charge is 0.435 e. The van der Waals surface area contributed by atoms with E-state index in [1.165, 1.54) is 24.5 Å². The van der Waals surface area contributed by atoms with Crippen LogP contribution in [0.1, 0.15) is 5.56 Å². The number of hydrogen-bond donors (Lipinski definition) is 2. The normalized spacial score (nSPS) is 10.4. The molecule has 0 unspecified atom stereocenters. The number of rotatable bonds is 2. The van der Waals surface area contributed by atoms with Gasteiger partial charge in [-0.25, -0.2) is 9.37 Å². The Labute approximate surface area is 111 Å². The van der Waals surface area contributed by atoms with E-state index in [0.717, 1.165) is 0 Å². The highest BCUT2D eigenvalue weighted by atomic mass is 19.1. The Morgan fingerprint density at radius 3 is 3.00 bits per heavy atom. The summed E-state index contributed by atoms with van der Waals surface area (Å²) in [6.07, 6.45) is 1.41. The maximum absolute atomic E-state index is 13.5. The summed E-state index contributed by atoms with van der Waals surface area (Å²) in [5.41, 5.74) is 6.06. The summed E-state index contributed by atoms with van der Waals surface area (Å²) in [5, 5.41) is 8.96. The summed E-state index contributed by atoms with van der Waals surface area (Å²) in [6, 6.07) is 5.80. The van der Waals surface area contributed by atoms with Crippen LogP contribution < -0.4 is 10.5 Å². The van der Waals surface area contributed by atoms with Gasteiger partial charge in [0.15, 0.2) is 5.65 Å². The number of ether oxygens (including phenoxy) is 1. The second-order valence-corrected chi connectivity index (χ2v) is 3.81. The molecule has 3 aromatic rings. The van der Waals surface area contributed by atoms with Gasteiger partial charge in [-0.15, -0.1) is 0 Å². The molecule has 0 radical (unpaired) electrons. The average molecular weight is 270 g/mol. The van der Waals surface area contributed by atoms with Crippen LogP contribution in [0.2, 0.25) is 0 Å². The molecule has 0 saturated heterocycles. The van der Waals surface area contributed by atoms with Crippen LogP contribution in [0, 0.1) is 17.1 Å². The van der Waals surface area contributed by atoms with E-state index in [0.29, 0.717) is 11.2 Å². The lowest BCUT2D eigenvalue weighted by molar-refractivity contribution is 0.461. The van der Waals surface area contributed by atoms with E-state index in [1.54, 1.807) is 6.07 Å². The van der Waals surface area contributed by atoms with Crippen LogP contribution in [0.4, 0.5) is 10.3 Å². The van der Waals surface area contributed by atoms with Gasteiger partial charge < -0.3 is 15.5 Å². The molecule has 98 valence electrons. The molecule has 2 aromatic heterocycles. The predicted molar refractivity (Wildman–Crippen MR) is 67.3 cm³/mol. The van der Waals surface area contributed by atoms with Crippen molar-refractivity contribution in [2.24, 2.45) is 0 Å². The highest BCUT2D eigenvalue weighted by Gasteiger charge is 2.14. The quantitative estimate of drug-likeness (QED) is 0.733. The fourth-order valence-electron chi connectivity index (χ4n) is 1.70. The minimum Gasteiger partial charge on any atom is -0.435 e. The number of imidazole rings is 1. The Bertz CT molecular complexity index is 838. The number of H-pyrrole nitrogens is 1. The van der Waals surface area contributed by atoms with Gasteiger partial charge in [-0.2, -0.15) is 15.2 Å². The van der Waals surface area contributed by atoms with E-state index in [-0.39, 0.29) is 23.1 Å². The standard InChI is InChI=1S/C12H7FN6O/c13-7-2-1-3-8(6(7)4-14)20-11-9-10(17-5-16-9)18-12(15)19-11/h1-3,5H,(H3,15,16,17,18,19). The number of anilines is 1. The number of nitrogens with one attached hydrogen (secondary N) is 1. The van der Waals surface area contributed by atoms with Crippen molar-refractivity contribution in [1.29, 1.82) is 5.26 Å². The third-order valence-corrected chi connectivity index (χ3v) is 2.56. The van der Waals surface area contributed by atoms with Crippen LogP contribution in [0.15, 0.2) is 24.5 Å². The molecule has 0 saturated carbocycles. The van der Waals surface area contributed by atoms with Gasteiger partial charge in [0.05, 0.1) is 6.33 Å². The van der Waals surface area contributed by atoms with Gasteiger partial charge in [0.1, 0.15) is 28.7 Å². The maximum Gasteiger partial charge on any atom is 0.250 e. The topological polar surface area (TPSA) is 114 Å². The Balaban J connectivity index is 2.13. The van der Waals surface area contributed by atoms with Crippen molar-refractivity contribution in [3.63, 3.8) is 0 Å². The molecule has 0 amide bonds. The van der Waals surface area contributed by atoms with Crippen molar-refractivity contribution < 1.29 is 9.13 Å². The van der Waals surface area contributed by atoms with Crippen LogP contribution in [0.5, 0.6) is 11.6 Å². The van der Waals surface area contributed by atoms with Gasteiger partial charge in [0.2, 0.25) is 5.95 Å². The number of nitrogens with two attached hydrogens (primary N) is 1. The number of hydrogen-bond acceptors (Lipinski definition) is 6. The second kappa shape index (κ2) is 4.47. The van der Waals surface area contributed by atoms with Gasteiger partial charge in [-0.3, -0.25) is 0 Å². The molecule has 0 aliphatic rings. The lowest BCUT2D eigenvalue weighted by atomic mass is 10.2. The number of aromatic nitrogens is 4.